The van der Waals surface area contributed by atoms with E-state index in [1.165, 1.54) is 29.2 Å². The number of anilines is 2. The van der Waals surface area contributed by atoms with Crippen LogP contribution in [0.4, 0.5) is 15.8 Å². The number of nitrogens with one attached hydrogen (secondary N) is 1. The van der Waals surface area contributed by atoms with Crippen molar-refractivity contribution >= 4 is 23.2 Å². The second-order valence-electron chi connectivity index (χ2n) is 7.79. The molecule has 0 radical (unpaired) electrons. The molecule has 3 aliphatic rings. The molecule has 2 aromatic rings. The minimum atomic E-state index is -0.450. The van der Waals surface area contributed by atoms with Crippen molar-refractivity contribution in [2.24, 2.45) is 0 Å². The van der Waals surface area contributed by atoms with E-state index in [1.54, 1.807) is 0 Å². The standard InChI is InChI=1S/C22H22FN3O4/c23-14-1-4-17(5-2-14)26-21(27)12-18(22(26)28)25-9-7-15(8-10-25)24-16-3-6-19-20(11-16)30-13-29-19/h1-6,11,15,18,24H,7-10,12-13H2/t18-/m1/s1. The van der Waals surface area contributed by atoms with E-state index in [1.807, 2.05) is 18.2 Å². The molecule has 7 nitrogen and oxygen atoms in total. The summed E-state index contributed by atoms with van der Waals surface area (Å²) in [6.07, 6.45) is 1.89. The number of carbonyl (C=O) groups excluding carboxylic acids is 2. The number of amides is 2. The molecular formula is C22H22FN3O4. The molecule has 2 aromatic carbocycles. The van der Waals surface area contributed by atoms with Gasteiger partial charge in [-0.2, -0.15) is 0 Å². The lowest BCUT2D eigenvalue weighted by atomic mass is 10.0. The predicted molar refractivity (Wildman–Crippen MR) is 108 cm³/mol. The van der Waals surface area contributed by atoms with Gasteiger partial charge in [0.05, 0.1) is 18.2 Å². The van der Waals surface area contributed by atoms with Crippen molar-refractivity contribution in [3.63, 3.8) is 0 Å². The minimum Gasteiger partial charge on any atom is -0.454 e. The van der Waals surface area contributed by atoms with Crippen molar-refractivity contribution in [1.82, 2.24) is 4.90 Å². The Hall–Kier alpha value is -3.13. The molecule has 0 unspecified atom stereocenters. The van der Waals surface area contributed by atoms with Gasteiger partial charge in [0.25, 0.3) is 5.91 Å². The van der Waals surface area contributed by atoms with E-state index >= 15 is 0 Å². The number of halogens is 1. The zero-order valence-corrected chi connectivity index (χ0v) is 16.3. The summed E-state index contributed by atoms with van der Waals surface area (Å²) < 4.78 is 23.9. The van der Waals surface area contributed by atoms with Crippen LogP contribution in [-0.4, -0.2) is 48.7 Å². The normalized spacial score (nSPS) is 22.0. The van der Waals surface area contributed by atoms with Gasteiger partial charge in [0.1, 0.15) is 5.82 Å². The molecular weight excluding hydrogens is 389 g/mol. The van der Waals surface area contributed by atoms with Crippen LogP contribution in [0.3, 0.4) is 0 Å². The first-order valence-corrected chi connectivity index (χ1v) is 10.1. The van der Waals surface area contributed by atoms with E-state index in [2.05, 4.69) is 10.2 Å². The van der Waals surface area contributed by atoms with Crippen molar-refractivity contribution in [1.29, 1.82) is 0 Å². The average Bonchev–Trinajstić information content (AvgIpc) is 3.33. The van der Waals surface area contributed by atoms with Crippen LogP contribution in [0.1, 0.15) is 19.3 Å². The largest absolute Gasteiger partial charge is 0.454 e. The number of ether oxygens (including phenoxy) is 2. The van der Waals surface area contributed by atoms with Crippen molar-refractivity contribution in [2.75, 3.05) is 30.1 Å². The van der Waals surface area contributed by atoms with Gasteiger partial charge in [-0.3, -0.25) is 14.5 Å². The number of hydrogen-bond acceptors (Lipinski definition) is 6. The van der Waals surface area contributed by atoms with Crippen LogP contribution in [0.5, 0.6) is 11.5 Å². The molecule has 0 spiro atoms. The summed E-state index contributed by atoms with van der Waals surface area (Å²) in [6.45, 7) is 1.70. The zero-order chi connectivity index (χ0) is 20.7. The van der Waals surface area contributed by atoms with Gasteiger partial charge in [0.15, 0.2) is 11.5 Å². The van der Waals surface area contributed by atoms with Crippen molar-refractivity contribution < 1.29 is 23.5 Å². The average molecular weight is 411 g/mol. The second kappa shape index (κ2) is 7.60. The van der Waals surface area contributed by atoms with Gasteiger partial charge >= 0.3 is 0 Å². The third kappa shape index (κ3) is 3.47. The maximum atomic E-state index is 13.2. The van der Waals surface area contributed by atoms with Gasteiger partial charge < -0.3 is 14.8 Å². The summed E-state index contributed by atoms with van der Waals surface area (Å²) in [5.74, 6) is 0.635. The zero-order valence-electron chi connectivity index (χ0n) is 16.3. The lowest BCUT2D eigenvalue weighted by Gasteiger charge is -2.35. The Morgan fingerprint density at radius 3 is 2.47 bits per heavy atom. The Labute approximate surface area is 173 Å². The fraction of sp³-hybridized carbons (Fsp3) is 0.364. The Morgan fingerprint density at radius 2 is 1.70 bits per heavy atom. The Balaban J connectivity index is 1.20. The van der Waals surface area contributed by atoms with Gasteiger partial charge in [0, 0.05) is 30.9 Å². The predicted octanol–water partition coefficient (Wildman–Crippen LogP) is 2.76. The lowest BCUT2D eigenvalue weighted by Crippen LogP contribution is -2.48. The van der Waals surface area contributed by atoms with E-state index < -0.39 is 11.9 Å². The number of likely N-dealkylation sites (tertiary alicyclic amines) is 1. The lowest BCUT2D eigenvalue weighted by molar-refractivity contribution is -0.123. The molecule has 2 amide bonds. The third-order valence-electron chi connectivity index (χ3n) is 5.92. The summed E-state index contributed by atoms with van der Waals surface area (Å²) in [6, 6.07) is 11.1. The molecule has 0 saturated carbocycles. The molecule has 1 atom stereocenters. The van der Waals surface area contributed by atoms with Gasteiger partial charge in [-0.25, -0.2) is 9.29 Å². The molecule has 8 heteroatoms. The molecule has 2 fully saturated rings. The number of imide groups is 1. The number of hydrogen-bond donors (Lipinski definition) is 1. The van der Waals surface area contributed by atoms with Crippen LogP contribution in [0.25, 0.3) is 0 Å². The first-order valence-electron chi connectivity index (χ1n) is 10.1. The summed E-state index contributed by atoms with van der Waals surface area (Å²) in [7, 11) is 0. The quantitative estimate of drug-likeness (QED) is 0.781. The fourth-order valence-corrected chi connectivity index (χ4v) is 4.34. The first-order chi connectivity index (χ1) is 14.6. The molecule has 0 bridgehead atoms. The molecule has 30 heavy (non-hydrogen) atoms. The molecule has 156 valence electrons. The van der Waals surface area contributed by atoms with E-state index in [0.29, 0.717) is 5.69 Å². The van der Waals surface area contributed by atoms with Gasteiger partial charge in [-0.1, -0.05) is 0 Å². The number of carbonyl (C=O) groups is 2. The highest BCUT2D eigenvalue weighted by atomic mass is 19.1. The van der Waals surface area contributed by atoms with Crippen LogP contribution in [0.2, 0.25) is 0 Å². The number of nitrogens with zero attached hydrogens (tertiary/aromatic N) is 2. The van der Waals surface area contributed by atoms with Crippen LogP contribution in [0, 0.1) is 5.82 Å². The van der Waals surface area contributed by atoms with Crippen molar-refractivity contribution in [3.8, 4) is 11.5 Å². The molecule has 0 aromatic heterocycles. The highest BCUT2D eigenvalue weighted by molar-refractivity contribution is 6.22. The second-order valence-corrected chi connectivity index (χ2v) is 7.79. The SMILES string of the molecule is O=C1C[C@@H](N2CCC(Nc3ccc4c(c3)OCO4)CC2)C(=O)N1c1ccc(F)cc1. The van der Waals surface area contributed by atoms with Crippen LogP contribution in [-0.2, 0) is 9.59 Å². The molecule has 3 aliphatic heterocycles. The molecule has 5 rings (SSSR count). The summed E-state index contributed by atoms with van der Waals surface area (Å²) in [4.78, 5) is 28.6. The summed E-state index contributed by atoms with van der Waals surface area (Å²) in [5.41, 5.74) is 1.40. The first kappa shape index (κ1) is 18.9. The number of fused-ring (bicyclic) bond motifs is 1. The van der Waals surface area contributed by atoms with Gasteiger partial charge in [-0.05, 0) is 49.2 Å². The maximum Gasteiger partial charge on any atom is 0.251 e. The smallest absolute Gasteiger partial charge is 0.251 e. The van der Waals surface area contributed by atoms with Crippen LogP contribution in [0.15, 0.2) is 42.5 Å². The Bertz CT molecular complexity index is 973. The summed E-state index contributed by atoms with van der Waals surface area (Å²) in [5, 5.41) is 3.52. The highest BCUT2D eigenvalue weighted by Gasteiger charge is 2.43. The van der Waals surface area contributed by atoms with E-state index in [4.69, 9.17) is 9.47 Å². The number of benzene rings is 2. The van der Waals surface area contributed by atoms with Gasteiger partial charge in [-0.15, -0.1) is 0 Å². The third-order valence-corrected chi connectivity index (χ3v) is 5.92. The number of piperidine rings is 1. The van der Waals surface area contributed by atoms with E-state index in [-0.39, 0.29) is 31.1 Å². The van der Waals surface area contributed by atoms with Crippen molar-refractivity contribution in [3.05, 3.63) is 48.3 Å². The summed E-state index contributed by atoms with van der Waals surface area (Å²) >= 11 is 0. The minimum absolute atomic E-state index is 0.163. The van der Waals surface area contributed by atoms with E-state index in [0.717, 1.165) is 43.1 Å². The van der Waals surface area contributed by atoms with E-state index in [9.17, 15) is 14.0 Å². The van der Waals surface area contributed by atoms with Crippen LogP contribution < -0.4 is 19.7 Å². The van der Waals surface area contributed by atoms with Gasteiger partial charge in [0.2, 0.25) is 12.7 Å². The highest BCUT2D eigenvalue weighted by Crippen LogP contribution is 2.35. The van der Waals surface area contributed by atoms with Crippen molar-refractivity contribution in [2.45, 2.75) is 31.3 Å². The fourth-order valence-electron chi connectivity index (χ4n) is 4.34. The maximum absolute atomic E-state index is 13.2. The molecule has 1 N–H and O–H groups in total. The van der Waals surface area contributed by atoms with Crippen LogP contribution >= 0.6 is 0 Å². The topological polar surface area (TPSA) is 71.1 Å². The monoisotopic (exact) mass is 411 g/mol. The molecule has 2 saturated heterocycles. The Kier molecular flexibility index (Phi) is 4.78. The molecule has 3 heterocycles. The molecule has 0 aliphatic carbocycles. The number of rotatable bonds is 4. The Morgan fingerprint density at radius 1 is 0.967 bits per heavy atom.